The predicted octanol–water partition coefficient (Wildman–Crippen LogP) is 4.00. The van der Waals surface area contributed by atoms with Crippen molar-refractivity contribution in [1.29, 1.82) is 0 Å². The molecule has 0 spiro atoms. The van der Waals surface area contributed by atoms with Gasteiger partial charge in [-0.15, -0.1) is 0 Å². The van der Waals surface area contributed by atoms with Crippen LogP contribution in [0.15, 0.2) is 42.5 Å². The van der Waals surface area contributed by atoms with Crippen LogP contribution in [0.2, 0.25) is 5.02 Å². The maximum absolute atomic E-state index is 13.0. The van der Waals surface area contributed by atoms with Gasteiger partial charge in [0.1, 0.15) is 5.82 Å². The molecule has 2 aromatic rings. The fraction of sp³-hybridized carbons (Fsp3) is 0.0769. The molecule has 0 heterocycles. The highest BCUT2D eigenvalue weighted by Crippen LogP contribution is 2.19. The van der Waals surface area contributed by atoms with Crippen molar-refractivity contribution in [2.75, 3.05) is 5.32 Å². The minimum Gasteiger partial charge on any atom is -0.381 e. The number of hydrogen-bond donors (Lipinski definition) is 1. The molecule has 98 valence electrons. The number of rotatable bonds is 4. The van der Waals surface area contributed by atoms with Gasteiger partial charge in [-0.25, -0.2) is 4.39 Å². The number of nitrogens with one attached hydrogen (secondary N) is 1. The number of non-ortho nitro benzene ring substituents is 1. The summed E-state index contributed by atoms with van der Waals surface area (Å²) < 4.78 is 13.0. The maximum atomic E-state index is 13.0. The Labute approximate surface area is 114 Å². The molecule has 0 aliphatic carbocycles. The summed E-state index contributed by atoms with van der Waals surface area (Å²) in [6.07, 6.45) is 0. The highest BCUT2D eigenvalue weighted by molar-refractivity contribution is 6.30. The molecule has 4 nitrogen and oxygen atoms in total. The van der Waals surface area contributed by atoms with E-state index in [4.69, 9.17) is 11.6 Å². The summed E-state index contributed by atoms with van der Waals surface area (Å²) in [4.78, 5) is 10.0. The van der Waals surface area contributed by atoms with E-state index in [1.807, 2.05) is 0 Å². The zero-order chi connectivity index (χ0) is 13.8. The predicted molar refractivity (Wildman–Crippen MR) is 71.8 cm³/mol. The molecule has 0 aromatic heterocycles. The van der Waals surface area contributed by atoms with Gasteiger partial charge in [0.2, 0.25) is 0 Å². The van der Waals surface area contributed by atoms with Crippen LogP contribution in [0.3, 0.4) is 0 Å². The van der Waals surface area contributed by atoms with E-state index >= 15 is 0 Å². The molecule has 19 heavy (non-hydrogen) atoms. The Morgan fingerprint density at radius 1 is 1.21 bits per heavy atom. The van der Waals surface area contributed by atoms with Crippen LogP contribution in [0.4, 0.5) is 15.8 Å². The van der Waals surface area contributed by atoms with Crippen LogP contribution in [-0.4, -0.2) is 4.92 Å². The minimum absolute atomic E-state index is 0.0374. The molecular formula is C13H10ClFN2O2. The molecule has 2 rings (SSSR count). The van der Waals surface area contributed by atoms with Crippen LogP contribution in [0, 0.1) is 15.9 Å². The lowest BCUT2D eigenvalue weighted by atomic mass is 10.2. The SMILES string of the molecule is O=[N+]([O-])c1ccc(NCc2ccc(F)c(Cl)c2)cc1. The molecule has 0 bridgehead atoms. The molecule has 0 aliphatic heterocycles. The smallest absolute Gasteiger partial charge is 0.269 e. The average molecular weight is 281 g/mol. The largest absolute Gasteiger partial charge is 0.381 e. The Hall–Kier alpha value is -2.14. The number of nitro benzene ring substituents is 1. The Morgan fingerprint density at radius 2 is 1.89 bits per heavy atom. The topological polar surface area (TPSA) is 55.2 Å². The number of nitrogens with zero attached hydrogens (tertiary/aromatic N) is 1. The first-order valence-corrected chi connectivity index (χ1v) is 5.86. The van der Waals surface area contributed by atoms with Crippen molar-refractivity contribution in [2.45, 2.75) is 6.54 Å². The summed E-state index contributed by atoms with van der Waals surface area (Å²) in [5.74, 6) is -0.458. The number of hydrogen-bond acceptors (Lipinski definition) is 3. The molecule has 0 aliphatic rings. The van der Waals surface area contributed by atoms with Crippen LogP contribution < -0.4 is 5.32 Å². The first kappa shape index (κ1) is 13.3. The zero-order valence-electron chi connectivity index (χ0n) is 9.77. The normalized spacial score (nSPS) is 10.2. The summed E-state index contributed by atoms with van der Waals surface area (Å²) in [7, 11) is 0. The summed E-state index contributed by atoms with van der Waals surface area (Å²) in [5.41, 5.74) is 1.60. The van der Waals surface area contributed by atoms with Gasteiger partial charge in [0.25, 0.3) is 5.69 Å². The fourth-order valence-electron chi connectivity index (χ4n) is 1.55. The summed E-state index contributed by atoms with van der Waals surface area (Å²) >= 11 is 5.67. The van der Waals surface area contributed by atoms with Crippen molar-refractivity contribution in [1.82, 2.24) is 0 Å². The van der Waals surface area contributed by atoms with Crippen molar-refractivity contribution in [3.8, 4) is 0 Å². The molecule has 0 radical (unpaired) electrons. The lowest BCUT2D eigenvalue weighted by Crippen LogP contribution is -1.99. The monoisotopic (exact) mass is 280 g/mol. The molecule has 1 N–H and O–H groups in total. The Bertz CT molecular complexity index is 602. The molecule has 0 fully saturated rings. The second-order valence-corrected chi connectivity index (χ2v) is 4.31. The molecule has 0 atom stereocenters. The van der Waals surface area contributed by atoms with Gasteiger partial charge in [0.05, 0.1) is 9.95 Å². The standard InChI is InChI=1S/C13H10ClFN2O2/c14-12-7-9(1-6-13(12)15)8-16-10-2-4-11(5-3-10)17(18)19/h1-7,16H,8H2. The van der Waals surface area contributed by atoms with E-state index < -0.39 is 10.7 Å². The number of nitro groups is 1. The quantitative estimate of drug-likeness (QED) is 0.680. The molecule has 0 amide bonds. The van der Waals surface area contributed by atoms with Crippen LogP contribution in [0.1, 0.15) is 5.56 Å². The number of halogens is 2. The lowest BCUT2D eigenvalue weighted by molar-refractivity contribution is -0.384. The second-order valence-electron chi connectivity index (χ2n) is 3.91. The van der Waals surface area contributed by atoms with Crippen LogP contribution >= 0.6 is 11.6 Å². The van der Waals surface area contributed by atoms with E-state index in [2.05, 4.69) is 5.32 Å². The fourth-order valence-corrected chi connectivity index (χ4v) is 1.76. The van der Waals surface area contributed by atoms with Gasteiger partial charge < -0.3 is 5.32 Å². The van der Waals surface area contributed by atoms with Crippen LogP contribution in [0.25, 0.3) is 0 Å². The second kappa shape index (κ2) is 5.67. The molecule has 0 unspecified atom stereocenters. The van der Waals surface area contributed by atoms with Gasteiger partial charge in [-0.3, -0.25) is 10.1 Å². The van der Waals surface area contributed by atoms with Gasteiger partial charge in [-0.05, 0) is 29.8 Å². The molecule has 0 saturated heterocycles. The highest BCUT2D eigenvalue weighted by atomic mass is 35.5. The van der Waals surface area contributed by atoms with Crippen molar-refractivity contribution >= 4 is 23.0 Å². The Balaban J connectivity index is 2.01. The van der Waals surface area contributed by atoms with Crippen molar-refractivity contribution in [2.24, 2.45) is 0 Å². The molecule has 2 aromatic carbocycles. The van der Waals surface area contributed by atoms with Crippen molar-refractivity contribution in [3.05, 3.63) is 69.0 Å². The molecular weight excluding hydrogens is 271 g/mol. The van der Waals surface area contributed by atoms with E-state index in [0.29, 0.717) is 6.54 Å². The zero-order valence-corrected chi connectivity index (χ0v) is 10.5. The Kier molecular flexibility index (Phi) is 3.97. The third-order valence-electron chi connectivity index (χ3n) is 2.56. The van der Waals surface area contributed by atoms with Gasteiger partial charge in [-0.2, -0.15) is 0 Å². The highest BCUT2D eigenvalue weighted by Gasteiger charge is 2.04. The van der Waals surface area contributed by atoms with E-state index in [9.17, 15) is 14.5 Å². The van der Waals surface area contributed by atoms with E-state index in [1.54, 1.807) is 18.2 Å². The summed E-state index contributed by atoms with van der Waals surface area (Å²) in [5, 5.41) is 13.6. The van der Waals surface area contributed by atoms with Gasteiger partial charge in [0.15, 0.2) is 0 Å². The summed E-state index contributed by atoms with van der Waals surface area (Å²) in [6, 6.07) is 10.5. The first-order chi connectivity index (χ1) is 9.06. The third kappa shape index (κ3) is 3.42. The molecule has 0 saturated carbocycles. The van der Waals surface area contributed by atoms with Crippen LogP contribution in [-0.2, 0) is 6.54 Å². The first-order valence-electron chi connectivity index (χ1n) is 5.48. The minimum atomic E-state index is -0.458. The number of benzene rings is 2. The van der Waals surface area contributed by atoms with Crippen molar-refractivity contribution < 1.29 is 9.31 Å². The van der Waals surface area contributed by atoms with E-state index in [-0.39, 0.29) is 10.7 Å². The van der Waals surface area contributed by atoms with Crippen LogP contribution in [0.5, 0.6) is 0 Å². The third-order valence-corrected chi connectivity index (χ3v) is 2.85. The van der Waals surface area contributed by atoms with E-state index in [1.165, 1.54) is 24.3 Å². The molecule has 6 heteroatoms. The lowest BCUT2D eigenvalue weighted by Gasteiger charge is -2.07. The van der Waals surface area contributed by atoms with Crippen molar-refractivity contribution in [3.63, 3.8) is 0 Å². The number of anilines is 1. The summed E-state index contributed by atoms with van der Waals surface area (Å²) in [6.45, 7) is 0.456. The maximum Gasteiger partial charge on any atom is 0.269 e. The van der Waals surface area contributed by atoms with Gasteiger partial charge >= 0.3 is 0 Å². The van der Waals surface area contributed by atoms with Gasteiger partial charge in [-0.1, -0.05) is 17.7 Å². The van der Waals surface area contributed by atoms with E-state index in [0.717, 1.165) is 11.3 Å². The van der Waals surface area contributed by atoms with Gasteiger partial charge in [0, 0.05) is 24.4 Å². The average Bonchev–Trinajstić information content (AvgIpc) is 2.40. The Morgan fingerprint density at radius 3 is 2.47 bits per heavy atom.